The largest absolute Gasteiger partial charge is 0.467 e. The maximum absolute atomic E-state index is 12.9. The first-order chi connectivity index (χ1) is 16.5. The number of fused-ring (bicyclic) bond motifs is 1. The number of esters is 1. The highest BCUT2D eigenvalue weighted by Gasteiger charge is 2.24. The van der Waals surface area contributed by atoms with Gasteiger partial charge in [-0.3, -0.25) is 0 Å². The van der Waals surface area contributed by atoms with Crippen LogP contribution in [0.4, 0.5) is 4.79 Å². The fourth-order valence-corrected chi connectivity index (χ4v) is 7.94. The molecule has 3 aromatic rings. The van der Waals surface area contributed by atoms with Gasteiger partial charge in [0.1, 0.15) is 12.6 Å². The van der Waals surface area contributed by atoms with Gasteiger partial charge < -0.3 is 14.8 Å². The van der Waals surface area contributed by atoms with Crippen molar-refractivity contribution in [1.82, 2.24) is 9.29 Å². The van der Waals surface area contributed by atoms with Crippen molar-refractivity contribution in [2.24, 2.45) is 0 Å². The zero-order chi connectivity index (χ0) is 25.6. The normalized spacial score (nSPS) is 12.8. The molecule has 2 aromatic carbocycles. The molecule has 0 aliphatic rings. The van der Waals surface area contributed by atoms with Crippen molar-refractivity contribution in [3.05, 3.63) is 71.9 Å². The van der Waals surface area contributed by atoms with Crippen LogP contribution in [0, 0.1) is 0 Å². The molecule has 10 heteroatoms. The highest BCUT2D eigenvalue weighted by molar-refractivity contribution is 7.90. The van der Waals surface area contributed by atoms with E-state index in [4.69, 9.17) is 9.47 Å². The maximum atomic E-state index is 12.9. The van der Waals surface area contributed by atoms with Crippen molar-refractivity contribution >= 4 is 41.1 Å². The van der Waals surface area contributed by atoms with Crippen LogP contribution in [0.5, 0.6) is 0 Å². The van der Waals surface area contributed by atoms with Crippen LogP contribution >= 0.6 is 0 Å². The quantitative estimate of drug-likeness (QED) is 0.320. The lowest BCUT2D eigenvalue weighted by Gasteiger charge is -2.17. The van der Waals surface area contributed by atoms with Gasteiger partial charge in [0.05, 0.1) is 18.4 Å². The second-order valence-corrected chi connectivity index (χ2v) is 17.2. The molecule has 188 valence electrons. The number of methoxy groups -OCH3 is 1. The number of ether oxygens (including phenoxy) is 2. The van der Waals surface area contributed by atoms with E-state index in [0.717, 1.165) is 16.5 Å². The van der Waals surface area contributed by atoms with Crippen LogP contribution in [0.25, 0.3) is 10.9 Å². The second kappa shape index (κ2) is 11.1. The Morgan fingerprint density at radius 1 is 1.03 bits per heavy atom. The summed E-state index contributed by atoms with van der Waals surface area (Å²) in [6, 6.07) is 16.0. The van der Waals surface area contributed by atoms with Crippen LogP contribution in [-0.4, -0.2) is 51.4 Å². The van der Waals surface area contributed by atoms with E-state index in [2.05, 4.69) is 25.0 Å². The standard InChI is InChI=1S/C25H32N2O6SSi/c1-32-24(28)22(26-25(29)33-18-19-8-6-5-7-9-19)17-20-10-11-23-21(16-20)12-13-27(23)34(30,31)14-15-35(2,3)4/h5-13,16,22H,14-15,17-18H2,1-4H3,(H,26,29). The lowest BCUT2D eigenvalue weighted by molar-refractivity contribution is -0.143. The minimum Gasteiger partial charge on any atom is -0.467 e. The number of nitrogens with zero attached hydrogens (tertiary/aromatic N) is 1. The van der Waals surface area contributed by atoms with Gasteiger partial charge in [-0.05, 0) is 35.4 Å². The molecule has 1 N–H and O–H groups in total. The van der Waals surface area contributed by atoms with Gasteiger partial charge in [0.15, 0.2) is 0 Å². The molecule has 8 nitrogen and oxygen atoms in total. The predicted molar refractivity (Wildman–Crippen MR) is 139 cm³/mol. The summed E-state index contributed by atoms with van der Waals surface area (Å²) in [6.07, 6.45) is 0.992. The van der Waals surface area contributed by atoms with Gasteiger partial charge in [-0.15, -0.1) is 0 Å². The van der Waals surface area contributed by atoms with Gasteiger partial charge in [-0.1, -0.05) is 56.0 Å². The zero-order valence-electron chi connectivity index (χ0n) is 20.5. The van der Waals surface area contributed by atoms with E-state index in [1.54, 1.807) is 24.4 Å². The minimum atomic E-state index is -3.47. The Bertz CT molecular complexity index is 1280. The number of hydrogen-bond donors (Lipinski definition) is 1. The molecule has 0 saturated heterocycles. The molecular formula is C25H32N2O6SSi. The molecule has 1 aromatic heterocycles. The first kappa shape index (κ1) is 26.5. The number of carbonyl (C=O) groups is 2. The highest BCUT2D eigenvalue weighted by atomic mass is 32.2. The van der Waals surface area contributed by atoms with Crippen molar-refractivity contribution in [2.75, 3.05) is 12.9 Å². The average Bonchev–Trinajstić information content (AvgIpc) is 3.25. The fraction of sp³-hybridized carbons (Fsp3) is 0.360. The summed E-state index contributed by atoms with van der Waals surface area (Å²) in [4.78, 5) is 24.6. The Balaban J connectivity index is 1.72. The lowest BCUT2D eigenvalue weighted by atomic mass is 10.0. The van der Waals surface area contributed by atoms with Crippen molar-refractivity contribution in [3.63, 3.8) is 0 Å². The summed E-state index contributed by atoms with van der Waals surface area (Å²) in [5, 5.41) is 3.29. The molecule has 1 unspecified atom stereocenters. The molecule has 0 spiro atoms. The van der Waals surface area contributed by atoms with Crippen LogP contribution in [0.15, 0.2) is 60.8 Å². The smallest absolute Gasteiger partial charge is 0.408 e. The number of amides is 1. The predicted octanol–water partition coefficient (Wildman–Crippen LogP) is 4.17. The number of aromatic nitrogens is 1. The molecule has 0 radical (unpaired) electrons. The van der Waals surface area contributed by atoms with Crippen LogP contribution in [-0.2, 0) is 37.3 Å². The van der Waals surface area contributed by atoms with Crippen LogP contribution in [0.1, 0.15) is 11.1 Å². The average molecular weight is 517 g/mol. The summed E-state index contributed by atoms with van der Waals surface area (Å²) in [5.41, 5.74) is 2.15. The molecule has 0 fully saturated rings. The van der Waals surface area contributed by atoms with E-state index < -0.39 is 36.2 Å². The Kier molecular flexibility index (Phi) is 8.39. The third-order valence-corrected chi connectivity index (χ3v) is 9.31. The molecule has 0 saturated carbocycles. The number of hydrogen-bond acceptors (Lipinski definition) is 6. The SMILES string of the molecule is COC(=O)C(Cc1ccc2c(ccn2S(=O)(=O)CC[Si](C)(C)C)c1)NC(=O)OCc1ccccc1. The Morgan fingerprint density at radius 3 is 2.40 bits per heavy atom. The van der Waals surface area contributed by atoms with Gasteiger partial charge in [-0.2, -0.15) is 0 Å². The number of alkyl carbamates (subject to hydrolysis) is 1. The van der Waals surface area contributed by atoms with Crippen LogP contribution < -0.4 is 5.32 Å². The van der Waals surface area contributed by atoms with Crippen molar-refractivity contribution < 1.29 is 27.5 Å². The van der Waals surface area contributed by atoms with E-state index in [1.165, 1.54) is 11.1 Å². The van der Waals surface area contributed by atoms with E-state index in [9.17, 15) is 18.0 Å². The third kappa shape index (κ3) is 7.43. The van der Waals surface area contributed by atoms with Gasteiger partial charge in [0.25, 0.3) is 0 Å². The fourth-order valence-electron chi connectivity index (χ4n) is 3.55. The maximum Gasteiger partial charge on any atom is 0.408 e. The highest BCUT2D eigenvalue weighted by Crippen LogP contribution is 2.22. The third-order valence-electron chi connectivity index (χ3n) is 5.56. The molecule has 35 heavy (non-hydrogen) atoms. The Morgan fingerprint density at radius 2 is 1.74 bits per heavy atom. The van der Waals surface area contributed by atoms with Crippen molar-refractivity contribution in [2.45, 2.75) is 44.8 Å². The Labute approximate surface area is 207 Å². The molecule has 0 bridgehead atoms. The topological polar surface area (TPSA) is 104 Å². The number of benzene rings is 2. The first-order valence-electron chi connectivity index (χ1n) is 11.4. The molecule has 1 atom stereocenters. The Hall–Kier alpha value is -3.11. The van der Waals surface area contributed by atoms with E-state index in [0.29, 0.717) is 11.6 Å². The summed E-state index contributed by atoms with van der Waals surface area (Å²) >= 11 is 0. The monoisotopic (exact) mass is 516 g/mol. The minimum absolute atomic E-state index is 0.0756. The van der Waals surface area contributed by atoms with Crippen molar-refractivity contribution in [1.29, 1.82) is 0 Å². The number of rotatable bonds is 10. The molecule has 1 amide bonds. The first-order valence-corrected chi connectivity index (χ1v) is 16.7. The van der Waals surface area contributed by atoms with E-state index in [1.807, 2.05) is 36.4 Å². The van der Waals surface area contributed by atoms with Crippen LogP contribution in [0.3, 0.4) is 0 Å². The molecule has 1 heterocycles. The van der Waals surface area contributed by atoms with Gasteiger partial charge in [0.2, 0.25) is 10.0 Å². The van der Waals surface area contributed by atoms with Crippen molar-refractivity contribution in [3.8, 4) is 0 Å². The zero-order valence-corrected chi connectivity index (χ0v) is 22.3. The lowest BCUT2D eigenvalue weighted by Crippen LogP contribution is -2.43. The second-order valence-electron chi connectivity index (χ2n) is 9.62. The van der Waals surface area contributed by atoms with Gasteiger partial charge in [-0.25, -0.2) is 22.0 Å². The molecule has 0 aliphatic carbocycles. The molecule has 3 rings (SSSR count). The number of carbonyl (C=O) groups excluding carboxylic acids is 2. The molecule has 0 aliphatic heterocycles. The van der Waals surface area contributed by atoms with E-state index in [-0.39, 0.29) is 18.8 Å². The summed E-state index contributed by atoms with van der Waals surface area (Å²) < 4.78 is 37.2. The van der Waals surface area contributed by atoms with E-state index >= 15 is 0 Å². The van der Waals surface area contributed by atoms with Gasteiger partial charge >= 0.3 is 12.1 Å². The molecular weight excluding hydrogens is 484 g/mol. The number of nitrogens with one attached hydrogen (secondary N) is 1. The summed E-state index contributed by atoms with van der Waals surface area (Å²) in [7, 11) is -3.73. The summed E-state index contributed by atoms with van der Waals surface area (Å²) in [6.45, 7) is 6.51. The summed E-state index contributed by atoms with van der Waals surface area (Å²) in [5.74, 6) is -0.499. The van der Waals surface area contributed by atoms with Crippen LogP contribution in [0.2, 0.25) is 25.7 Å². The van der Waals surface area contributed by atoms with Gasteiger partial charge in [0, 0.05) is 26.1 Å².